The lowest BCUT2D eigenvalue weighted by molar-refractivity contribution is -0.161. The number of hydrogen-bond donors (Lipinski definition) is 1. The zero-order valence-corrected chi connectivity index (χ0v) is 15.4. The van der Waals surface area contributed by atoms with E-state index in [1.807, 2.05) is 25.1 Å². The molecular formula is C20H29NO4. The van der Waals surface area contributed by atoms with Crippen LogP contribution < -0.4 is 10.1 Å². The van der Waals surface area contributed by atoms with Crippen LogP contribution >= 0.6 is 0 Å². The van der Waals surface area contributed by atoms with Crippen LogP contribution in [0.5, 0.6) is 5.75 Å². The molecule has 0 unspecified atom stereocenters. The monoisotopic (exact) mass is 347 g/mol. The van der Waals surface area contributed by atoms with Gasteiger partial charge in [-0.2, -0.15) is 0 Å². The van der Waals surface area contributed by atoms with Gasteiger partial charge in [0.2, 0.25) is 0 Å². The van der Waals surface area contributed by atoms with Crippen molar-refractivity contribution in [2.45, 2.75) is 77.5 Å². The maximum atomic E-state index is 12.3. The highest BCUT2D eigenvalue weighted by molar-refractivity contribution is 5.84. The highest BCUT2D eigenvalue weighted by Crippen LogP contribution is 2.18. The second-order valence-electron chi connectivity index (χ2n) is 6.85. The van der Waals surface area contributed by atoms with E-state index in [2.05, 4.69) is 5.32 Å². The van der Waals surface area contributed by atoms with Crippen LogP contribution in [0.3, 0.4) is 0 Å². The topological polar surface area (TPSA) is 64.6 Å². The molecule has 2 rings (SSSR count). The first kappa shape index (κ1) is 19.3. The Morgan fingerprint density at radius 1 is 1.08 bits per heavy atom. The van der Waals surface area contributed by atoms with Crippen molar-refractivity contribution in [3.05, 3.63) is 29.8 Å². The largest absolute Gasteiger partial charge is 0.479 e. The first-order chi connectivity index (χ1) is 12.0. The summed E-state index contributed by atoms with van der Waals surface area (Å²) < 4.78 is 10.9. The maximum absolute atomic E-state index is 12.3. The maximum Gasteiger partial charge on any atom is 0.347 e. The van der Waals surface area contributed by atoms with Gasteiger partial charge in [-0.05, 0) is 51.3 Å². The summed E-state index contributed by atoms with van der Waals surface area (Å²) in [6.45, 7) is 5.18. The van der Waals surface area contributed by atoms with Crippen molar-refractivity contribution in [2.75, 3.05) is 0 Å². The van der Waals surface area contributed by atoms with Gasteiger partial charge in [0.15, 0.2) is 12.2 Å². The zero-order chi connectivity index (χ0) is 18.2. The van der Waals surface area contributed by atoms with Gasteiger partial charge in [-0.25, -0.2) is 4.79 Å². The Balaban J connectivity index is 1.80. The van der Waals surface area contributed by atoms with Gasteiger partial charge in [0, 0.05) is 6.04 Å². The van der Waals surface area contributed by atoms with Crippen LogP contribution in [0.25, 0.3) is 0 Å². The summed E-state index contributed by atoms with van der Waals surface area (Å²) in [6, 6.07) is 7.66. The van der Waals surface area contributed by atoms with Gasteiger partial charge in [-0.1, -0.05) is 37.8 Å². The van der Waals surface area contributed by atoms with Gasteiger partial charge in [0.25, 0.3) is 5.91 Å². The highest BCUT2D eigenvalue weighted by Gasteiger charge is 2.25. The molecule has 1 aliphatic rings. The Bertz CT molecular complexity index is 579. The molecule has 5 heteroatoms. The molecule has 1 aromatic carbocycles. The van der Waals surface area contributed by atoms with Crippen LogP contribution in [0.4, 0.5) is 0 Å². The van der Waals surface area contributed by atoms with Gasteiger partial charge < -0.3 is 14.8 Å². The molecule has 1 N–H and O–H groups in total. The number of rotatable bonds is 6. The molecule has 0 saturated heterocycles. The van der Waals surface area contributed by atoms with Crippen molar-refractivity contribution >= 4 is 11.9 Å². The average Bonchev–Trinajstić information content (AvgIpc) is 2.83. The normalized spacial score (nSPS) is 17.9. The van der Waals surface area contributed by atoms with E-state index in [4.69, 9.17) is 9.47 Å². The van der Waals surface area contributed by atoms with Crippen LogP contribution in [0.15, 0.2) is 24.3 Å². The van der Waals surface area contributed by atoms with Gasteiger partial charge in [0.05, 0.1) is 0 Å². The van der Waals surface area contributed by atoms with Crippen molar-refractivity contribution < 1.29 is 19.1 Å². The Labute approximate surface area is 150 Å². The van der Waals surface area contributed by atoms with Crippen LogP contribution in [-0.2, 0) is 14.3 Å². The molecule has 0 spiro atoms. The highest BCUT2D eigenvalue weighted by atomic mass is 16.6. The number of amides is 1. The third-order valence-electron chi connectivity index (χ3n) is 4.50. The second-order valence-corrected chi connectivity index (χ2v) is 6.85. The smallest absolute Gasteiger partial charge is 0.347 e. The molecule has 25 heavy (non-hydrogen) atoms. The van der Waals surface area contributed by atoms with E-state index in [-0.39, 0.29) is 11.9 Å². The molecule has 5 nitrogen and oxygen atoms in total. The Morgan fingerprint density at radius 2 is 1.76 bits per heavy atom. The fourth-order valence-corrected chi connectivity index (χ4v) is 3.01. The molecule has 0 aliphatic heterocycles. The minimum absolute atomic E-state index is 0.192. The molecule has 1 aliphatic carbocycles. The molecule has 138 valence electrons. The number of carbonyl (C=O) groups excluding carboxylic acids is 2. The Kier molecular flexibility index (Phi) is 7.29. The number of benzene rings is 1. The third-order valence-corrected chi connectivity index (χ3v) is 4.50. The van der Waals surface area contributed by atoms with Crippen LogP contribution in [-0.4, -0.2) is 30.1 Å². The molecule has 0 aromatic heterocycles. The lowest BCUT2D eigenvalue weighted by Gasteiger charge is -2.21. The Morgan fingerprint density at radius 3 is 2.40 bits per heavy atom. The van der Waals surface area contributed by atoms with E-state index in [9.17, 15) is 9.59 Å². The minimum atomic E-state index is -0.820. The van der Waals surface area contributed by atoms with Gasteiger partial charge in [-0.3, -0.25) is 4.79 Å². The fourth-order valence-electron chi connectivity index (χ4n) is 3.01. The van der Waals surface area contributed by atoms with E-state index in [1.165, 1.54) is 12.8 Å². The van der Waals surface area contributed by atoms with Crippen molar-refractivity contribution in [3.8, 4) is 5.75 Å². The van der Waals surface area contributed by atoms with Gasteiger partial charge in [0.1, 0.15) is 5.75 Å². The predicted octanol–water partition coefficient (Wildman–Crippen LogP) is 3.53. The SMILES string of the molecule is Cc1cccc(O[C@@H](C)C(=O)O[C@@H](C)C(=O)NC2CCCCCC2)c1. The van der Waals surface area contributed by atoms with Crippen LogP contribution in [0, 0.1) is 6.92 Å². The molecule has 0 bridgehead atoms. The number of aryl methyl sites for hydroxylation is 1. The summed E-state index contributed by atoms with van der Waals surface area (Å²) in [5.74, 6) is -0.159. The quantitative estimate of drug-likeness (QED) is 0.631. The van der Waals surface area contributed by atoms with Gasteiger partial charge in [-0.15, -0.1) is 0 Å². The zero-order valence-electron chi connectivity index (χ0n) is 15.4. The molecule has 1 amide bonds. The second kappa shape index (κ2) is 9.44. The number of carbonyl (C=O) groups is 2. The predicted molar refractivity (Wildman–Crippen MR) is 96.5 cm³/mol. The van der Waals surface area contributed by atoms with Crippen molar-refractivity contribution in [3.63, 3.8) is 0 Å². The van der Waals surface area contributed by atoms with Gasteiger partial charge >= 0.3 is 5.97 Å². The van der Waals surface area contributed by atoms with Crippen molar-refractivity contribution in [1.29, 1.82) is 0 Å². The molecule has 0 radical (unpaired) electrons. The first-order valence-electron chi connectivity index (χ1n) is 9.20. The molecular weight excluding hydrogens is 318 g/mol. The van der Waals surface area contributed by atoms with E-state index < -0.39 is 18.2 Å². The van der Waals surface area contributed by atoms with Crippen LogP contribution in [0.1, 0.15) is 57.9 Å². The molecule has 1 fully saturated rings. The Hall–Kier alpha value is -2.04. The summed E-state index contributed by atoms with van der Waals surface area (Å²) in [5, 5.41) is 3.00. The first-order valence-corrected chi connectivity index (χ1v) is 9.20. The third kappa shape index (κ3) is 6.40. The molecule has 2 atom stereocenters. The summed E-state index contributed by atoms with van der Waals surface area (Å²) >= 11 is 0. The summed E-state index contributed by atoms with van der Waals surface area (Å²) in [6.07, 6.45) is 5.14. The van der Waals surface area contributed by atoms with Crippen LogP contribution in [0.2, 0.25) is 0 Å². The number of esters is 1. The number of nitrogens with one attached hydrogen (secondary N) is 1. The van der Waals surface area contributed by atoms with Crippen molar-refractivity contribution in [2.24, 2.45) is 0 Å². The fraction of sp³-hybridized carbons (Fsp3) is 0.600. The van der Waals surface area contributed by atoms with E-state index in [0.29, 0.717) is 5.75 Å². The molecule has 1 aromatic rings. The lowest BCUT2D eigenvalue weighted by atomic mass is 10.1. The average molecular weight is 347 g/mol. The number of hydrogen-bond acceptors (Lipinski definition) is 4. The summed E-state index contributed by atoms with van der Waals surface area (Å²) in [4.78, 5) is 24.4. The minimum Gasteiger partial charge on any atom is -0.479 e. The van der Waals surface area contributed by atoms with E-state index in [1.54, 1.807) is 19.9 Å². The molecule has 1 saturated carbocycles. The number of ether oxygens (including phenoxy) is 2. The molecule has 0 heterocycles. The van der Waals surface area contributed by atoms with E-state index >= 15 is 0 Å². The summed E-state index contributed by atoms with van der Waals surface area (Å²) in [5.41, 5.74) is 1.05. The lowest BCUT2D eigenvalue weighted by Crippen LogP contribution is -2.43. The van der Waals surface area contributed by atoms with E-state index in [0.717, 1.165) is 31.2 Å². The van der Waals surface area contributed by atoms with Crippen molar-refractivity contribution in [1.82, 2.24) is 5.32 Å². The summed E-state index contributed by atoms with van der Waals surface area (Å²) in [7, 11) is 0. The standard InChI is InChI=1S/C20H29NO4/c1-14-9-8-12-18(13-14)24-16(3)20(23)25-15(2)19(22)21-17-10-6-4-5-7-11-17/h8-9,12-13,15-17H,4-7,10-11H2,1-3H3,(H,21,22)/t15-,16-/m0/s1.